The van der Waals surface area contributed by atoms with E-state index in [1.807, 2.05) is 7.11 Å². The first-order chi connectivity index (χ1) is 6.24. The first-order valence-electron chi connectivity index (χ1n) is 5.76. The maximum Gasteiger partial charge on any atom is 0.0601 e. The Morgan fingerprint density at radius 3 is 2.23 bits per heavy atom. The molecular weight excluding hydrogens is 160 g/mol. The zero-order valence-corrected chi connectivity index (χ0v) is 9.38. The lowest BCUT2D eigenvalue weighted by Gasteiger charge is -2.30. The molecule has 0 N–H and O–H groups in total. The van der Waals surface area contributed by atoms with E-state index in [0.717, 1.165) is 11.8 Å². The fraction of sp³-hybridized carbons (Fsp3) is 1.00. The van der Waals surface area contributed by atoms with Crippen LogP contribution in [0.15, 0.2) is 0 Å². The SMILES string of the molecule is COC(CC(C)C)C1CCCCC1. The molecule has 0 aromatic carbocycles. The van der Waals surface area contributed by atoms with E-state index >= 15 is 0 Å². The molecule has 1 aliphatic carbocycles. The van der Waals surface area contributed by atoms with Gasteiger partial charge in [-0.05, 0) is 31.1 Å². The van der Waals surface area contributed by atoms with Gasteiger partial charge in [-0.25, -0.2) is 0 Å². The Bertz CT molecular complexity index is 125. The van der Waals surface area contributed by atoms with E-state index in [9.17, 15) is 0 Å². The maximum absolute atomic E-state index is 5.60. The van der Waals surface area contributed by atoms with Crippen molar-refractivity contribution in [1.29, 1.82) is 0 Å². The molecule has 0 bridgehead atoms. The Balaban J connectivity index is 2.34. The van der Waals surface area contributed by atoms with Crippen LogP contribution in [0.3, 0.4) is 0 Å². The highest BCUT2D eigenvalue weighted by molar-refractivity contribution is 4.75. The summed E-state index contributed by atoms with van der Waals surface area (Å²) in [6.07, 6.45) is 8.83. The first kappa shape index (κ1) is 11.0. The molecule has 1 aliphatic rings. The molecule has 1 heteroatoms. The Labute approximate surface area is 82.9 Å². The summed E-state index contributed by atoms with van der Waals surface area (Å²) in [6, 6.07) is 0. The van der Waals surface area contributed by atoms with Crippen LogP contribution in [0.2, 0.25) is 0 Å². The second kappa shape index (κ2) is 5.64. The van der Waals surface area contributed by atoms with Crippen molar-refractivity contribution in [3.63, 3.8) is 0 Å². The van der Waals surface area contributed by atoms with Gasteiger partial charge in [0, 0.05) is 7.11 Å². The van der Waals surface area contributed by atoms with Crippen LogP contribution in [0.4, 0.5) is 0 Å². The second-order valence-corrected chi connectivity index (χ2v) is 4.80. The Hall–Kier alpha value is -0.0400. The molecule has 1 nitrogen and oxygen atoms in total. The Morgan fingerprint density at radius 1 is 1.15 bits per heavy atom. The molecule has 0 amide bonds. The van der Waals surface area contributed by atoms with Crippen LogP contribution in [0.25, 0.3) is 0 Å². The predicted molar refractivity (Wildman–Crippen MR) is 56.8 cm³/mol. The summed E-state index contributed by atoms with van der Waals surface area (Å²) in [5, 5.41) is 0. The molecule has 1 fully saturated rings. The highest BCUT2D eigenvalue weighted by atomic mass is 16.5. The normalized spacial score (nSPS) is 22.2. The summed E-state index contributed by atoms with van der Waals surface area (Å²) in [7, 11) is 1.88. The van der Waals surface area contributed by atoms with Gasteiger partial charge in [0.25, 0.3) is 0 Å². The molecule has 13 heavy (non-hydrogen) atoms. The van der Waals surface area contributed by atoms with Crippen molar-refractivity contribution < 1.29 is 4.74 Å². The van der Waals surface area contributed by atoms with Crippen LogP contribution in [0.1, 0.15) is 52.4 Å². The number of methoxy groups -OCH3 is 1. The fourth-order valence-electron chi connectivity index (χ4n) is 2.45. The van der Waals surface area contributed by atoms with Gasteiger partial charge in [-0.15, -0.1) is 0 Å². The van der Waals surface area contributed by atoms with Crippen LogP contribution < -0.4 is 0 Å². The average Bonchev–Trinajstić information content (AvgIpc) is 2.15. The van der Waals surface area contributed by atoms with E-state index in [1.165, 1.54) is 38.5 Å². The van der Waals surface area contributed by atoms with Gasteiger partial charge in [-0.1, -0.05) is 33.1 Å². The van der Waals surface area contributed by atoms with Crippen LogP contribution in [0.5, 0.6) is 0 Å². The monoisotopic (exact) mass is 184 g/mol. The molecule has 0 radical (unpaired) electrons. The molecule has 0 heterocycles. The molecule has 0 spiro atoms. The minimum absolute atomic E-state index is 0.528. The molecule has 1 rings (SSSR count). The molecule has 1 saturated carbocycles. The summed E-state index contributed by atoms with van der Waals surface area (Å²) in [6.45, 7) is 4.57. The van der Waals surface area contributed by atoms with E-state index in [0.29, 0.717) is 6.10 Å². The van der Waals surface area contributed by atoms with Crippen molar-refractivity contribution >= 4 is 0 Å². The molecular formula is C12H24O. The van der Waals surface area contributed by atoms with E-state index in [1.54, 1.807) is 0 Å². The largest absolute Gasteiger partial charge is 0.381 e. The molecule has 0 aromatic heterocycles. The summed E-state index contributed by atoms with van der Waals surface area (Å²) >= 11 is 0. The third kappa shape index (κ3) is 3.68. The maximum atomic E-state index is 5.60. The standard InChI is InChI=1S/C12H24O/c1-10(2)9-12(13-3)11-7-5-4-6-8-11/h10-12H,4-9H2,1-3H3. The number of hydrogen-bond donors (Lipinski definition) is 0. The molecule has 0 saturated heterocycles. The molecule has 0 aliphatic heterocycles. The third-order valence-corrected chi connectivity index (χ3v) is 3.18. The number of rotatable bonds is 4. The Kier molecular flexibility index (Phi) is 4.79. The summed E-state index contributed by atoms with van der Waals surface area (Å²) in [5.74, 6) is 1.62. The second-order valence-electron chi connectivity index (χ2n) is 4.80. The quantitative estimate of drug-likeness (QED) is 0.648. The highest BCUT2D eigenvalue weighted by Crippen LogP contribution is 2.30. The minimum atomic E-state index is 0.528. The van der Waals surface area contributed by atoms with E-state index in [2.05, 4.69) is 13.8 Å². The number of hydrogen-bond acceptors (Lipinski definition) is 1. The van der Waals surface area contributed by atoms with Gasteiger partial charge >= 0.3 is 0 Å². The van der Waals surface area contributed by atoms with Crippen molar-refractivity contribution in [2.24, 2.45) is 11.8 Å². The van der Waals surface area contributed by atoms with E-state index in [4.69, 9.17) is 4.74 Å². The predicted octanol–water partition coefficient (Wildman–Crippen LogP) is 3.63. The van der Waals surface area contributed by atoms with E-state index in [-0.39, 0.29) is 0 Å². The van der Waals surface area contributed by atoms with Crippen LogP contribution in [0, 0.1) is 11.8 Å². The Morgan fingerprint density at radius 2 is 1.77 bits per heavy atom. The van der Waals surface area contributed by atoms with Crippen LogP contribution in [-0.4, -0.2) is 13.2 Å². The van der Waals surface area contributed by atoms with Crippen LogP contribution >= 0.6 is 0 Å². The van der Waals surface area contributed by atoms with Gasteiger partial charge in [0.15, 0.2) is 0 Å². The van der Waals surface area contributed by atoms with E-state index < -0.39 is 0 Å². The van der Waals surface area contributed by atoms with Gasteiger partial charge in [-0.3, -0.25) is 0 Å². The summed E-state index contributed by atoms with van der Waals surface area (Å²) in [4.78, 5) is 0. The van der Waals surface area contributed by atoms with Gasteiger partial charge in [0.1, 0.15) is 0 Å². The van der Waals surface area contributed by atoms with Crippen molar-refractivity contribution in [3.8, 4) is 0 Å². The van der Waals surface area contributed by atoms with Gasteiger partial charge < -0.3 is 4.74 Å². The zero-order chi connectivity index (χ0) is 9.68. The van der Waals surface area contributed by atoms with Gasteiger partial charge in [0.2, 0.25) is 0 Å². The van der Waals surface area contributed by atoms with Crippen molar-refractivity contribution in [1.82, 2.24) is 0 Å². The topological polar surface area (TPSA) is 9.23 Å². The minimum Gasteiger partial charge on any atom is -0.381 e. The first-order valence-corrected chi connectivity index (χ1v) is 5.76. The third-order valence-electron chi connectivity index (χ3n) is 3.18. The lowest BCUT2D eigenvalue weighted by molar-refractivity contribution is 0.0219. The molecule has 0 aromatic rings. The lowest BCUT2D eigenvalue weighted by atomic mass is 9.82. The lowest BCUT2D eigenvalue weighted by Crippen LogP contribution is -2.26. The van der Waals surface area contributed by atoms with Crippen molar-refractivity contribution in [2.45, 2.75) is 58.5 Å². The zero-order valence-electron chi connectivity index (χ0n) is 9.38. The summed E-state index contributed by atoms with van der Waals surface area (Å²) in [5.41, 5.74) is 0. The highest BCUT2D eigenvalue weighted by Gasteiger charge is 2.23. The number of ether oxygens (including phenoxy) is 1. The molecule has 1 unspecified atom stereocenters. The van der Waals surface area contributed by atoms with Gasteiger partial charge in [0.05, 0.1) is 6.10 Å². The fourth-order valence-corrected chi connectivity index (χ4v) is 2.45. The smallest absolute Gasteiger partial charge is 0.0601 e. The van der Waals surface area contributed by atoms with Crippen LogP contribution in [-0.2, 0) is 4.74 Å². The summed E-state index contributed by atoms with van der Waals surface area (Å²) < 4.78 is 5.60. The average molecular weight is 184 g/mol. The van der Waals surface area contributed by atoms with Crippen molar-refractivity contribution in [3.05, 3.63) is 0 Å². The van der Waals surface area contributed by atoms with Crippen molar-refractivity contribution in [2.75, 3.05) is 7.11 Å². The molecule has 1 atom stereocenters. The van der Waals surface area contributed by atoms with Gasteiger partial charge in [-0.2, -0.15) is 0 Å². The molecule has 78 valence electrons.